The SMILES string of the molecule is Cc1nc([N+](=O)[O-])c(N2CCOCC2)n1CC(=O)c1ccc(I)cc1. The molecule has 1 saturated heterocycles. The van der Waals surface area contributed by atoms with E-state index in [9.17, 15) is 14.9 Å². The second-order valence-corrected chi connectivity index (χ2v) is 6.92. The van der Waals surface area contributed by atoms with E-state index in [1.807, 2.05) is 17.0 Å². The fraction of sp³-hybridized carbons (Fsp3) is 0.375. The van der Waals surface area contributed by atoms with Crippen molar-refractivity contribution in [1.29, 1.82) is 0 Å². The van der Waals surface area contributed by atoms with Crippen LogP contribution in [0, 0.1) is 20.6 Å². The van der Waals surface area contributed by atoms with Gasteiger partial charge in [-0.3, -0.25) is 9.36 Å². The van der Waals surface area contributed by atoms with E-state index >= 15 is 0 Å². The zero-order valence-electron chi connectivity index (χ0n) is 13.6. The van der Waals surface area contributed by atoms with E-state index in [2.05, 4.69) is 27.6 Å². The molecule has 9 heteroatoms. The van der Waals surface area contributed by atoms with Crippen LogP contribution in [0.4, 0.5) is 11.6 Å². The number of ketones is 1. The summed E-state index contributed by atoms with van der Waals surface area (Å²) in [6.07, 6.45) is 0. The molecule has 132 valence electrons. The smallest absolute Gasteiger partial charge is 0.378 e. The number of imidazole rings is 1. The highest BCUT2D eigenvalue weighted by Crippen LogP contribution is 2.30. The summed E-state index contributed by atoms with van der Waals surface area (Å²) in [5.41, 5.74) is 0.573. The summed E-state index contributed by atoms with van der Waals surface area (Å²) in [6, 6.07) is 7.25. The maximum atomic E-state index is 12.6. The highest BCUT2D eigenvalue weighted by atomic mass is 127. The van der Waals surface area contributed by atoms with Crippen molar-refractivity contribution in [3.8, 4) is 0 Å². The van der Waals surface area contributed by atoms with Gasteiger partial charge in [0.2, 0.25) is 11.6 Å². The molecule has 2 heterocycles. The Bertz CT molecular complexity index is 797. The number of hydrogen-bond donors (Lipinski definition) is 0. The number of ether oxygens (including phenoxy) is 1. The molecule has 25 heavy (non-hydrogen) atoms. The molecule has 0 bridgehead atoms. The zero-order chi connectivity index (χ0) is 18.0. The van der Waals surface area contributed by atoms with Crippen LogP contribution in [0.2, 0.25) is 0 Å². The number of rotatable bonds is 5. The second-order valence-electron chi connectivity index (χ2n) is 5.68. The first kappa shape index (κ1) is 17.8. The first-order valence-corrected chi connectivity index (χ1v) is 8.88. The normalized spacial score (nSPS) is 14.6. The number of aryl methyl sites for hydroxylation is 1. The number of carbonyl (C=O) groups is 1. The maximum absolute atomic E-state index is 12.6. The molecule has 0 amide bonds. The monoisotopic (exact) mass is 456 g/mol. The molecule has 3 rings (SSSR count). The van der Waals surface area contributed by atoms with E-state index in [-0.39, 0.29) is 18.1 Å². The number of hydrogen-bond acceptors (Lipinski definition) is 6. The van der Waals surface area contributed by atoms with Crippen LogP contribution < -0.4 is 4.90 Å². The van der Waals surface area contributed by atoms with E-state index in [0.717, 1.165) is 3.57 Å². The molecule has 0 radical (unpaired) electrons. The van der Waals surface area contributed by atoms with Crippen molar-refractivity contribution in [2.75, 3.05) is 31.2 Å². The van der Waals surface area contributed by atoms with Crippen molar-refractivity contribution in [3.05, 3.63) is 49.3 Å². The van der Waals surface area contributed by atoms with Gasteiger partial charge in [0.05, 0.1) is 19.8 Å². The van der Waals surface area contributed by atoms with E-state index in [4.69, 9.17) is 4.74 Å². The lowest BCUT2D eigenvalue weighted by molar-refractivity contribution is -0.388. The van der Waals surface area contributed by atoms with Crippen molar-refractivity contribution in [2.24, 2.45) is 0 Å². The molecule has 0 spiro atoms. The average molecular weight is 456 g/mol. The van der Waals surface area contributed by atoms with E-state index in [1.165, 1.54) is 0 Å². The summed E-state index contributed by atoms with van der Waals surface area (Å²) in [5, 5.41) is 11.4. The van der Waals surface area contributed by atoms with Gasteiger partial charge in [0.25, 0.3) is 0 Å². The molecule has 0 aliphatic carbocycles. The van der Waals surface area contributed by atoms with Crippen LogP contribution in [-0.4, -0.2) is 46.6 Å². The summed E-state index contributed by atoms with van der Waals surface area (Å²) in [7, 11) is 0. The van der Waals surface area contributed by atoms with Crippen LogP contribution >= 0.6 is 22.6 Å². The molecule has 1 aromatic heterocycles. The number of aromatic nitrogens is 2. The lowest BCUT2D eigenvalue weighted by atomic mass is 10.1. The van der Waals surface area contributed by atoms with Gasteiger partial charge in [-0.1, -0.05) is 12.1 Å². The Kier molecular flexibility index (Phi) is 5.33. The van der Waals surface area contributed by atoms with Gasteiger partial charge in [0.1, 0.15) is 0 Å². The topological polar surface area (TPSA) is 90.5 Å². The van der Waals surface area contributed by atoms with Gasteiger partial charge in [-0.15, -0.1) is 0 Å². The van der Waals surface area contributed by atoms with Gasteiger partial charge in [0, 0.05) is 29.1 Å². The summed E-state index contributed by atoms with van der Waals surface area (Å²) >= 11 is 2.17. The van der Waals surface area contributed by atoms with Gasteiger partial charge in [-0.25, -0.2) is 0 Å². The lowest BCUT2D eigenvalue weighted by Crippen LogP contribution is -2.38. The van der Waals surface area contributed by atoms with Crippen LogP contribution in [0.25, 0.3) is 0 Å². The molecule has 0 saturated carbocycles. The number of carbonyl (C=O) groups excluding carboxylic acids is 1. The standard InChI is InChI=1S/C16H17IN4O4/c1-11-18-15(21(23)24)16(19-6-8-25-9-7-19)20(11)10-14(22)12-2-4-13(17)5-3-12/h2-5H,6-10H2,1H3. The van der Waals surface area contributed by atoms with Crippen molar-refractivity contribution < 1.29 is 14.5 Å². The Labute approximate surface area is 158 Å². The fourth-order valence-corrected chi connectivity index (χ4v) is 3.17. The number of morpholine rings is 1. The lowest BCUT2D eigenvalue weighted by Gasteiger charge is -2.28. The number of benzene rings is 1. The maximum Gasteiger partial charge on any atom is 0.406 e. The molecule has 0 unspecified atom stereocenters. The van der Waals surface area contributed by atoms with Gasteiger partial charge in [-0.05, 0) is 44.6 Å². The predicted molar refractivity (Wildman–Crippen MR) is 100 cm³/mol. The van der Waals surface area contributed by atoms with E-state index in [0.29, 0.717) is 43.5 Å². The fourth-order valence-electron chi connectivity index (χ4n) is 2.81. The molecule has 0 atom stereocenters. The third-order valence-corrected chi connectivity index (χ3v) is 4.78. The molecule has 1 aliphatic rings. The second kappa shape index (κ2) is 7.48. The Hall–Kier alpha value is -2.01. The molecule has 0 N–H and O–H groups in total. The molecule has 1 fully saturated rings. The zero-order valence-corrected chi connectivity index (χ0v) is 15.8. The van der Waals surface area contributed by atoms with Gasteiger partial charge < -0.3 is 19.8 Å². The first-order chi connectivity index (χ1) is 12.0. The molecular formula is C16H17IN4O4. The molecule has 2 aromatic rings. The van der Waals surface area contributed by atoms with Gasteiger partial charge in [0.15, 0.2) is 5.78 Å². The van der Waals surface area contributed by atoms with Crippen LogP contribution in [0.5, 0.6) is 0 Å². The Morgan fingerprint density at radius 3 is 2.56 bits per heavy atom. The van der Waals surface area contributed by atoms with Gasteiger partial charge >= 0.3 is 5.82 Å². The van der Waals surface area contributed by atoms with E-state index in [1.54, 1.807) is 23.6 Å². The Morgan fingerprint density at radius 2 is 1.96 bits per heavy atom. The summed E-state index contributed by atoms with van der Waals surface area (Å²) in [5.74, 6) is 0.507. The van der Waals surface area contributed by atoms with Crippen molar-refractivity contribution >= 4 is 40.0 Å². The molecule has 1 aromatic carbocycles. The number of nitro groups is 1. The van der Waals surface area contributed by atoms with Crippen molar-refractivity contribution in [2.45, 2.75) is 13.5 Å². The summed E-state index contributed by atoms with van der Waals surface area (Å²) in [4.78, 5) is 29.5. The van der Waals surface area contributed by atoms with Gasteiger partial charge in [-0.2, -0.15) is 0 Å². The van der Waals surface area contributed by atoms with Crippen LogP contribution in [0.3, 0.4) is 0 Å². The Balaban J connectivity index is 1.95. The first-order valence-electron chi connectivity index (χ1n) is 7.80. The number of Topliss-reactive ketones (excluding diaryl/α,β-unsaturated/α-hetero) is 1. The predicted octanol–water partition coefficient (Wildman–Crippen LogP) is 2.42. The van der Waals surface area contributed by atoms with E-state index < -0.39 is 4.92 Å². The van der Waals surface area contributed by atoms with Crippen LogP contribution in [0.15, 0.2) is 24.3 Å². The molecular weight excluding hydrogens is 439 g/mol. The minimum absolute atomic E-state index is 0.0138. The number of anilines is 1. The number of halogens is 1. The quantitative estimate of drug-likeness (QED) is 0.297. The molecule has 1 aliphatic heterocycles. The van der Waals surface area contributed by atoms with Crippen molar-refractivity contribution in [1.82, 2.24) is 9.55 Å². The van der Waals surface area contributed by atoms with Crippen molar-refractivity contribution in [3.63, 3.8) is 0 Å². The largest absolute Gasteiger partial charge is 0.406 e. The van der Waals surface area contributed by atoms with Crippen LogP contribution in [-0.2, 0) is 11.3 Å². The third-order valence-electron chi connectivity index (χ3n) is 4.07. The Morgan fingerprint density at radius 1 is 1.32 bits per heavy atom. The third kappa shape index (κ3) is 3.82. The highest BCUT2D eigenvalue weighted by molar-refractivity contribution is 14.1. The summed E-state index contributed by atoms with van der Waals surface area (Å²) in [6.45, 7) is 3.74. The molecule has 8 nitrogen and oxygen atoms in total. The highest BCUT2D eigenvalue weighted by Gasteiger charge is 2.31. The number of nitrogens with zero attached hydrogens (tertiary/aromatic N) is 4. The van der Waals surface area contributed by atoms with Crippen LogP contribution in [0.1, 0.15) is 16.2 Å². The average Bonchev–Trinajstić information content (AvgIpc) is 2.93. The summed E-state index contributed by atoms with van der Waals surface area (Å²) < 4.78 is 7.99. The minimum atomic E-state index is -0.496. The minimum Gasteiger partial charge on any atom is -0.378 e.